The quantitative estimate of drug-likeness (QED) is 0.630. The molecule has 1 aliphatic heterocycles. The summed E-state index contributed by atoms with van der Waals surface area (Å²) >= 11 is 0. The predicted molar refractivity (Wildman–Crippen MR) is 48.3 cm³/mol. The summed E-state index contributed by atoms with van der Waals surface area (Å²) in [6.45, 7) is 4.22. The first kappa shape index (κ1) is 10.5. The highest BCUT2D eigenvalue weighted by Crippen LogP contribution is 2.09. The van der Waals surface area contributed by atoms with Crippen molar-refractivity contribution in [1.82, 2.24) is 4.90 Å². The minimum Gasteiger partial charge on any atom is -0.391 e. The molecular formula is C9H17NO3. The predicted octanol–water partition coefficient (Wildman–Crippen LogP) is 0.00620. The Balaban J connectivity index is 2.16. The lowest BCUT2D eigenvalue weighted by Gasteiger charge is -2.14. The molecule has 1 unspecified atom stereocenters. The first-order chi connectivity index (χ1) is 6.24. The second kappa shape index (κ2) is 5.19. The fraction of sp³-hybridized carbons (Fsp3) is 0.889. The van der Waals surface area contributed by atoms with Crippen LogP contribution in [0.3, 0.4) is 0 Å². The number of aliphatic hydroxyl groups is 1. The molecule has 1 heterocycles. The minimum absolute atomic E-state index is 0.0880. The van der Waals surface area contributed by atoms with Crippen LogP contribution < -0.4 is 0 Å². The molecule has 76 valence electrons. The summed E-state index contributed by atoms with van der Waals surface area (Å²) in [6, 6.07) is 0. The Labute approximate surface area is 78.5 Å². The van der Waals surface area contributed by atoms with Gasteiger partial charge in [-0.25, -0.2) is 0 Å². The van der Waals surface area contributed by atoms with Crippen LogP contribution in [0, 0.1) is 0 Å². The van der Waals surface area contributed by atoms with E-state index in [-0.39, 0.29) is 12.0 Å². The van der Waals surface area contributed by atoms with Crippen molar-refractivity contribution in [2.24, 2.45) is 0 Å². The van der Waals surface area contributed by atoms with Gasteiger partial charge in [0.25, 0.3) is 0 Å². The zero-order valence-corrected chi connectivity index (χ0v) is 8.03. The maximum Gasteiger partial charge on any atom is 0.224 e. The van der Waals surface area contributed by atoms with E-state index < -0.39 is 0 Å². The molecule has 0 aromatic rings. The van der Waals surface area contributed by atoms with Crippen LogP contribution in [0.1, 0.15) is 19.8 Å². The van der Waals surface area contributed by atoms with Gasteiger partial charge in [-0.1, -0.05) is 0 Å². The molecule has 0 saturated carbocycles. The van der Waals surface area contributed by atoms with Crippen molar-refractivity contribution >= 4 is 5.91 Å². The van der Waals surface area contributed by atoms with Gasteiger partial charge >= 0.3 is 0 Å². The Kier molecular flexibility index (Phi) is 4.18. The number of ether oxygens (including phenoxy) is 1. The molecule has 0 aromatic carbocycles. The van der Waals surface area contributed by atoms with E-state index in [0.29, 0.717) is 39.1 Å². The average molecular weight is 187 g/mol. The fourth-order valence-electron chi connectivity index (χ4n) is 1.43. The molecule has 0 aliphatic carbocycles. The number of carbonyl (C=O) groups excluding carboxylic acids is 1. The third-order valence-electron chi connectivity index (χ3n) is 2.18. The SMILES string of the molecule is CCOCCC(=O)N1CCC(O)C1. The molecule has 13 heavy (non-hydrogen) atoms. The molecule has 1 atom stereocenters. The molecule has 0 radical (unpaired) electrons. The number of nitrogens with zero attached hydrogens (tertiary/aromatic N) is 1. The van der Waals surface area contributed by atoms with Crippen LogP contribution >= 0.6 is 0 Å². The lowest BCUT2D eigenvalue weighted by molar-refractivity contribution is -0.131. The average Bonchev–Trinajstić information content (AvgIpc) is 2.52. The van der Waals surface area contributed by atoms with Gasteiger partial charge in [0.2, 0.25) is 5.91 Å². The highest BCUT2D eigenvalue weighted by atomic mass is 16.5. The monoisotopic (exact) mass is 187 g/mol. The number of hydrogen-bond donors (Lipinski definition) is 1. The van der Waals surface area contributed by atoms with Gasteiger partial charge in [-0.05, 0) is 13.3 Å². The normalized spacial score (nSPS) is 22.3. The van der Waals surface area contributed by atoms with Crippen LogP contribution in [-0.2, 0) is 9.53 Å². The molecule has 4 nitrogen and oxygen atoms in total. The van der Waals surface area contributed by atoms with Crippen molar-refractivity contribution in [3.63, 3.8) is 0 Å². The summed E-state index contributed by atoms with van der Waals surface area (Å²) in [7, 11) is 0. The van der Waals surface area contributed by atoms with Crippen molar-refractivity contribution in [2.45, 2.75) is 25.9 Å². The van der Waals surface area contributed by atoms with Crippen LogP contribution in [0.2, 0.25) is 0 Å². The highest BCUT2D eigenvalue weighted by Gasteiger charge is 2.23. The molecular weight excluding hydrogens is 170 g/mol. The molecule has 1 N–H and O–H groups in total. The molecule has 1 rings (SSSR count). The van der Waals surface area contributed by atoms with Crippen molar-refractivity contribution < 1.29 is 14.6 Å². The third kappa shape index (κ3) is 3.32. The van der Waals surface area contributed by atoms with Crippen LogP contribution in [-0.4, -0.2) is 48.3 Å². The number of hydrogen-bond acceptors (Lipinski definition) is 3. The highest BCUT2D eigenvalue weighted by molar-refractivity contribution is 5.76. The van der Waals surface area contributed by atoms with E-state index in [4.69, 9.17) is 4.74 Å². The third-order valence-corrected chi connectivity index (χ3v) is 2.18. The lowest BCUT2D eigenvalue weighted by atomic mass is 10.3. The summed E-state index contributed by atoms with van der Waals surface area (Å²) in [5.74, 6) is 0.0880. The van der Waals surface area contributed by atoms with E-state index in [0.717, 1.165) is 0 Å². The Morgan fingerprint density at radius 1 is 1.69 bits per heavy atom. The molecule has 1 saturated heterocycles. The number of rotatable bonds is 4. The van der Waals surface area contributed by atoms with E-state index in [1.165, 1.54) is 0 Å². The first-order valence-electron chi connectivity index (χ1n) is 4.77. The summed E-state index contributed by atoms with van der Waals surface area (Å²) in [6.07, 6.45) is 0.817. The van der Waals surface area contributed by atoms with Gasteiger partial charge in [-0.15, -0.1) is 0 Å². The largest absolute Gasteiger partial charge is 0.391 e. The van der Waals surface area contributed by atoms with E-state index in [1.807, 2.05) is 6.92 Å². The van der Waals surface area contributed by atoms with Gasteiger partial charge in [0.15, 0.2) is 0 Å². The summed E-state index contributed by atoms with van der Waals surface area (Å²) in [5, 5.41) is 9.19. The molecule has 4 heteroatoms. The lowest BCUT2D eigenvalue weighted by Crippen LogP contribution is -2.30. The maximum absolute atomic E-state index is 11.4. The Morgan fingerprint density at radius 3 is 3.00 bits per heavy atom. The van der Waals surface area contributed by atoms with Gasteiger partial charge in [-0.2, -0.15) is 0 Å². The van der Waals surface area contributed by atoms with Gasteiger partial charge in [0, 0.05) is 19.7 Å². The number of β-amino-alcohol motifs (C(OH)–C–C–N with tert-alkyl or cyclic N) is 1. The molecule has 0 bridgehead atoms. The van der Waals surface area contributed by atoms with Gasteiger partial charge < -0.3 is 14.7 Å². The number of carbonyl (C=O) groups is 1. The number of likely N-dealkylation sites (tertiary alicyclic amines) is 1. The van der Waals surface area contributed by atoms with Crippen LogP contribution in [0.5, 0.6) is 0 Å². The topological polar surface area (TPSA) is 49.8 Å². The van der Waals surface area contributed by atoms with Crippen LogP contribution in [0.25, 0.3) is 0 Å². The van der Waals surface area contributed by atoms with E-state index in [9.17, 15) is 9.90 Å². The molecule has 1 aliphatic rings. The van der Waals surface area contributed by atoms with Crippen LogP contribution in [0.15, 0.2) is 0 Å². The second-order valence-electron chi connectivity index (χ2n) is 3.23. The summed E-state index contributed by atoms with van der Waals surface area (Å²) in [4.78, 5) is 13.1. The number of amides is 1. The Morgan fingerprint density at radius 2 is 2.46 bits per heavy atom. The van der Waals surface area contributed by atoms with Crippen LogP contribution in [0.4, 0.5) is 0 Å². The Hall–Kier alpha value is -0.610. The summed E-state index contributed by atoms with van der Waals surface area (Å²) in [5.41, 5.74) is 0. The summed E-state index contributed by atoms with van der Waals surface area (Å²) < 4.78 is 5.08. The van der Waals surface area contributed by atoms with E-state index >= 15 is 0 Å². The van der Waals surface area contributed by atoms with Crippen molar-refractivity contribution in [2.75, 3.05) is 26.3 Å². The van der Waals surface area contributed by atoms with Gasteiger partial charge in [-0.3, -0.25) is 4.79 Å². The smallest absolute Gasteiger partial charge is 0.224 e. The van der Waals surface area contributed by atoms with Gasteiger partial charge in [0.05, 0.1) is 19.1 Å². The molecule has 0 aromatic heterocycles. The van der Waals surface area contributed by atoms with Crippen molar-refractivity contribution in [3.05, 3.63) is 0 Å². The number of aliphatic hydroxyl groups excluding tert-OH is 1. The second-order valence-corrected chi connectivity index (χ2v) is 3.23. The molecule has 1 amide bonds. The maximum atomic E-state index is 11.4. The van der Waals surface area contributed by atoms with E-state index in [2.05, 4.69) is 0 Å². The van der Waals surface area contributed by atoms with Crippen molar-refractivity contribution in [1.29, 1.82) is 0 Å². The first-order valence-corrected chi connectivity index (χ1v) is 4.77. The van der Waals surface area contributed by atoms with Gasteiger partial charge in [0.1, 0.15) is 0 Å². The fourth-order valence-corrected chi connectivity index (χ4v) is 1.43. The molecule has 1 fully saturated rings. The van der Waals surface area contributed by atoms with Crippen molar-refractivity contribution in [3.8, 4) is 0 Å². The minimum atomic E-state index is -0.323. The van der Waals surface area contributed by atoms with E-state index in [1.54, 1.807) is 4.90 Å². The zero-order chi connectivity index (χ0) is 9.68. The molecule has 0 spiro atoms. The Bertz CT molecular complexity index is 172. The standard InChI is InChI=1S/C9H17NO3/c1-2-13-6-4-9(12)10-5-3-8(11)7-10/h8,11H,2-7H2,1H3. The zero-order valence-electron chi connectivity index (χ0n) is 8.03.